The number of para-hydroxylation sites is 1. The van der Waals surface area contributed by atoms with Crippen LogP contribution in [0.25, 0.3) is 0 Å². The molecule has 2 aliphatic heterocycles. The molecule has 0 amide bonds. The second-order valence-electron chi connectivity index (χ2n) is 6.69. The number of nitrogens with one attached hydrogen (secondary N) is 1. The highest BCUT2D eigenvalue weighted by molar-refractivity contribution is 5.48. The maximum Gasteiger partial charge on any atom is 0.231 e. The van der Waals surface area contributed by atoms with E-state index in [0.29, 0.717) is 19.6 Å². The maximum atomic E-state index is 10.4. The summed E-state index contributed by atoms with van der Waals surface area (Å²) in [7, 11) is 0. The summed E-state index contributed by atoms with van der Waals surface area (Å²) in [6, 6.07) is 14.5. The smallest absolute Gasteiger partial charge is 0.231 e. The Morgan fingerprint density at radius 2 is 1.96 bits per heavy atom. The lowest BCUT2D eigenvalue weighted by Crippen LogP contribution is -2.40. The average molecular weight is 340 g/mol. The Morgan fingerprint density at radius 1 is 1.08 bits per heavy atom. The lowest BCUT2D eigenvalue weighted by Gasteiger charge is -2.30. The molecule has 0 spiro atoms. The Labute approximate surface area is 148 Å². The fraction of sp³-hybridized carbons (Fsp3) is 0.400. The molecule has 1 atom stereocenters. The summed E-state index contributed by atoms with van der Waals surface area (Å²) < 4.78 is 10.9. The molecule has 2 aromatic carbocycles. The van der Waals surface area contributed by atoms with Gasteiger partial charge in [0, 0.05) is 38.3 Å². The van der Waals surface area contributed by atoms with Gasteiger partial charge < -0.3 is 19.9 Å². The number of ether oxygens (including phenoxy) is 2. The van der Waals surface area contributed by atoms with Gasteiger partial charge in [-0.1, -0.05) is 36.4 Å². The molecule has 5 heteroatoms. The third-order valence-corrected chi connectivity index (χ3v) is 4.85. The van der Waals surface area contributed by atoms with Gasteiger partial charge in [-0.25, -0.2) is 0 Å². The SMILES string of the molecule is O[C@H](CNCc1cccc2c1OCO2)CN1CCc2ccccc2C1. The van der Waals surface area contributed by atoms with Crippen LogP contribution in [0.2, 0.25) is 0 Å². The summed E-state index contributed by atoms with van der Waals surface area (Å²) in [5.41, 5.74) is 3.88. The second kappa shape index (κ2) is 7.44. The van der Waals surface area contributed by atoms with Crippen molar-refractivity contribution in [3.8, 4) is 11.5 Å². The number of aliphatic hydroxyl groups is 1. The minimum atomic E-state index is -0.390. The van der Waals surface area contributed by atoms with Gasteiger partial charge in [0.25, 0.3) is 0 Å². The number of hydrogen-bond acceptors (Lipinski definition) is 5. The topological polar surface area (TPSA) is 54.0 Å². The zero-order valence-electron chi connectivity index (χ0n) is 14.3. The first-order valence-electron chi connectivity index (χ1n) is 8.85. The van der Waals surface area contributed by atoms with Crippen molar-refractivity contribution in [2.24, 2.45) is 0 Å². The van der Waals surface area contributed by atoms with E-state index in [1.165, 1.54) is 11.1 Å². The Kier molecular flexibility index (Phi) is 4.88. The summed E-state index contributed by atoms with van der Waals surface area (Å²) in [4.78, 5) is 2.33. The molecule has 2 aliphatic rings. The minimum Gasteiger partial charge on any atom is -0.454 e. The summed E-state index contributed by atoms with van der Waals surface area (Å²) >= 11 is 0. The van der Waals surface area contributed by atoms with Crippen LogP contribution in [0.15, 0.2) is 42.5 Å². The highest BCUT2D eigenvalue weighted by Crippen LogP contribution is 2.35. The van der Waals surface area contributed by atoms with E-state index >= 15 is 0 Å². The van der Waals surface area contributed by atoms with E-state index in [-0.39, 0.29) is 12.9 Å². The van der Waals surface area contributed by atoms with E-state index in [0.717, 1.165) is 36.6 Å². The first-order chi connectivity index (χ1) is 12.3. The van der Waals surface area contributed by atoms with Crippen LogP contribution in [0.4, 0.5) is 0 Å². The molecule has 2 aromatic rings. The Balaban J connectivity index is 1.25. The Morgan fingerprint density at radius 3 is 2.88 bits per heavy atom. The van der Waals surface area contributed by atoms with Gasteiger partial charge in [-0.15, -0.1) is 0 Å². The van der Waals surface area contributed by atoms with Gasteiger partial charge in [0.1, 0.15) is 0 Å². The van der Waals surface area contributed by atoms with Crippen LogP contribution in [0.3, 0.4) is 0 Å². The van der Waals surface area contributed by atoms with Crippen molar-refractivity contribution in [3.05, 3.63) is 59.2 Å². The van der Waals surface area contributed by atoms with Crippen molar-refractivity contribution >= 4 is 0 Å². The van der Waals surface area contributed by atoms with Crippen LogP contribution in [-0.2, 0) is 19.5 Å². The number of rotatable bonds is 6. The van der Waals surface area contributed by atoms with E-state index < -0.39 is 0 Å². The van der Waals surface area contributed by atoms with Crippen LogP contribution in [0.5, 0.6) is 11.5 Å². The van der Waals surface area contributed by atoms with Crippen LogP contribution in [-0.4, -0.2) is 42.5 Å². The molecular formula is C20H24N2O3. The number of aliphatic hydroxyl groups excluding tert-OH is 1. The molecule has 0 saturated carbocycles. The predicted octanol–water partition coefficient (Wildman–Crippen LogP) is 1.92. The summed E-state index contributed by atoms with van der Waals surface area (Å²) in [5, 5.41) is 13.7. The molecule has 0 aliphatic carbocycles. The number of benzene rings is 2. The molecule has 132 valence electrons. The monoisotopic (exact) mass is 340 g/mol. The van der Waals surface area contributed by atoms with Gasteiger partial charge >= 0.3 is 0 Å². The van der Waals surface area contributed by atoms with Crippen LogP contribution in [0.1, 0.15) is 16.7 Å². The highest BCUT2D eigenvalue weighted by atomic mass is 16.7. The van der Waals surface area contributed by atoms with Gasteiger partial charge in [-0.05, 0) is 23.6 Å². The predicted molar refractivity (Wildman–Crippen MR) is 95.7 cm³/mol. The molecule has 5 nitrogen and oxygen atoms in total. The molecule has 0 unspecified atom stereocenters. The number of hydrogen-bond donors (Lipinski definition) is 2. The van der Waals surface area contributed by atoms with Gasteiger partial charge in [-0.3, -0.25) is 4.90 Å². The molecule has 0 fully saturated rings. The molecule has 2 N–H and O–H groups in total. The molecule has 2 heterocycles. The van der Waals surface area contributed by atoms with Gasteiger partial charge in [0.2, 0.25) is 6.79 Å². The number of fused-ring (bicyclic) bond motifs is 2. The van der Waals surface area contributed by atoms with Crippen molar-refractivity contribution in [2.75, 3.05) is 26.4 Å². The van der Waals surface area contributed by atoms with E-state index in [1.54, 1.807) is 0 Å². The van der Waals surface area contributed by atoms with E-state index in [2.05, 4.69) is 34.5 Å². The van der Waals surface area contributed by atoms with Crippen LogP contribution < -0.4 is 14.8 Å². The second-order valence-corrected chi connectivity index (χ2v) is 6.69. The molecule has 0 aromatic heterocycles. The normalized spacial score (nSPS) is 17.3. The summed E-state index contributed by atoms with van der Waals surface area (Å²) in [5.74, 6) is 1.61. The van der Waals surface area contributed by atoms with Crippen LogP contribution in [0, 0.1) is 0 Å². The maximum absolute atomic E-state index is 10.4. The molecule has 0 bridgehead atoms. The largest absolute Gasteiger partial charge is 0.454 e. The third kappa shape index (κ3) is 3.79. The quantitative estimate of drug-likeness (QED) is 0.842. The Bertz CT molecular complexity index is 735. The van der Waals surface area contributed by atoms with E-state index in [4.69, 9.17) is 9.47 Å². The van der Waals surface area contributed by atoms with Gasteiger partial charge in [0.15, 0.2) is 11.5 Å². The highest BCUT2D eigenvalue weighted by Gasteiger charge is 2.19. The zero-order valence-corrected chi connectivity index (χ0v) is 14.3. The van der Waals surface area contributed by atoms with Crippen molar-refractivity contribution in [1.82, 2.24) is 10.2 Å². The van der Waals surface area contributed by atoms with Crippen molar-refractivity contribution in [1.29, 1.82) is 0 Å². The number of nitrogens with zero attached hydrogens (tertiary/aromatic N) is 1. The fourth-order valence-corrected chi connectivity index (χ4v) is 3.58. The fourth-order valence-electron chi connectivity index (χ4n) is 3.58. The van der Waals surface area contributed by atoms with Crippen molar-refractivity contribution in [2.45, 2.75) is 25.6 Å². The molecule has 0 saturated heterocycles. The molecule has 25 heavy (non-hydrogen) atoms. The Hall–Kier alpha value is -2.08. The average Bonchev–Trinajstić information content (AvgIpc) is 3.11. The van der Waals surface area contributed by atoms with Gasteiger partial charge in [-0.2, -0.15) is 0 Å². The van der Waals surface area contributed by atoms with Crippen molar-refractivity contribution in [3.63, 3.8) is 0 Å². The lowest BCUT2D eigenvalue weighted by atomic mass is 10.00. The zero-order chi connectivity index (χ0) is 17.1. The molecule has 0 radical (unpaired) electrons. The lowest BCUT2D eigenvalue weighted by molar-refractivity contribution is 0.104. The minimum absolute atomic E-state index is 0.283. The molecule has 4 rings (SSSR count). The van der Waals surface area contributed by atoms with E-state index in [1.807, 2.05) is 18.2 Å². The van der Waals surface area contributed by atoms with E-state index in [9.17, 15) is 5.11 Å². The van der Waals surface area contributed by atoms with Crippen LogP contribution >= 0.6 is 0 Å². The number of β-amino-alcohol motifs (C(OH)–C–C–N with tert-alkyl or cyclic N) is 1. The van der Waals surface area contributed by atoms with Gasteiger partial charge in [0.05, 0.1) is 6.10 Å². The summed E-state index contributed by atoms with van der Waals surface area (Å²) in [6.07, 6.45) is 0.670. The van der Waals surface area contributed by atoms with Crippen molar-refractivity contribution < 1.29 is 14.6 Å². The first kappa shape index (κ1) is 16.4. The molecular weight excluding hydrogens is 316 g/mol. The third-order valence-electron chi connectivity index (χ3n) is 4.85. The summed E-state index contributed by atoms with van der Waals surface area (Å²) in [6.45, 7) is 4.12. The first-order valence-corrected chi connectivity index (χ1v) is 8.85. The standard InChI is InChI=1S/C20H24N2O3/c23-18(13-22-9-8-15-4-1-2-5-17(15)12-22)11-21-10-16-6-3-7-19-20(16)25-14-24-19/h1-7,18,21,23H,8-14H2/t18-/m1/s1.